The van der Waals surface area contributed by atoms with Crippen LogP contribution in [0.1, 0.15) is 25.8 Å². The van der Waals surface area contributed by atoms with Crippen molar-refractivity contribution in [3.63, 3.8) is 0 Å². The van der Waals surface area contributed by atoms with Crippen LogP contribution in [0.25, 0.3) is 0 Å². The predicted molar refractivity (Wildman–Crippen MR) is 73.9 cm³/mol. The molecule has 0 saturated heterocycles. The maximum absolute atomic E-state index is 10.9. The van der Waals surface area contributed by atoms with Gasteiger partial charge >= 0.3 is 0 Å². The molecule has 4 heteroatoms. The molecular formula is C12H17IN2O. The molecule has 0 fully saturated rings. The summed E-state index contributed by atoms with van der Waals surface area (Å²) in [6, 6.07) is 8.29. The van der Waals surface area contributed by atoms with Gasteiger partial charge in [0.1, 0.15) is 0 Å². The van der Waals surface area contributed by atoms with Crippen LogP contribution < -0.4 is 11.1 Å². The van der Waals surface area contributed by atoms with Crippen LogP contribution in [0.4, 0.5) is 0 Å². The summed E-state index contributed by atoms with van der Waals surface area (Å²) in [5, 5.41) is 3.32. The molecule has 0 heterocycles. The second kappa shape index (κ2) is 5.63. The lowest BCUT2D eigenvalue weighted by Crippen LogP contribution is -2.42. The first-order chi connectivity index (χ1) is 7.39. The normalized spacial score (nSPS) is 11.4. The van der Waals surface area contributed by atoms with E-state index in [1.807, 2.05) is 13.8 Å². The van der Waals surface area contributed by atoms with Crippen molar-refractivity contribution in [1.82, 2.24) is 5.32 Å². The topological polar surface area (TPSA) is 55.1 Å². The first-order valence-corrected chi connectivity index (χ1v) is 6.25. The molecule has 0 aliphatic carbocycles. The third-order valence-electron chi connectivity index (χ3n) is 2.30. The van der Waals surface area contributed by atoms with Crippen molar-refractivity contribution in [1.29, 1.82) is 0 Å². The molecule has 3 nitrogen and oxygen atoms in total. The number of nitrogens with two attached hydrogens (primary N) is 1. The number of hydrogen-bond acceptors (Lipinski definition) is 2. The van der Waals surface area contributed by atoms with Gasteiger partial charge in [-0.1, -0.05) is 12.1 Å². The summed E-state index contributed by atoms with van der Waals surface area (Å²) in [5.41, 5.74) is 6.14. The van der Waals surface area contributed by atoms with Gasteiger partial charge in [0.25, 0.3) is 0 Å². The Hall–Kier alpha value is -0.620. The minimum absolute atomic E-state index is 0.255. The van der Waals surface area contributed by atoms with Gasteiger partial charge in [-0.2, -0.15) is 0 Å². The second-order valence-electron chi connectivity index (χ2n) is 4.51. The molecule has 1 aromatic rings. The average molecular weight is 332 g/mol. The van der Waals surface area contributed by atoms with E-state index in [2.05, 4.69) is 52.2 Å². The van der Waals surface area contributed by atoms with Crippen molar-refractivity contribution in [2.75, 3.05) is 0 Å². The van der Waals surface area contributed by atoms with Crippen LogP contribution in [0.3, 0.4) is 0 Å². The zero-order valence-corrected chi connectivity index (χ0v) is 11.7. The number of primary amides is 1. The molecule has 1 aromatic carbocycles. The van der Waals surface area contributed by atoms with Crippen LogP contribution in [-0.4, -0.2) is 11.4 Å². The van der Waals surface area contributed by atoms with Gasteiger partial charge in [0, 0.05) is 22.1 Å². The Labute approximate surface area is 110 Å². The Morgan fingerprint density at radius 3 is 2.44 bits per heavy atom. The highest BCUT2D eigenvalue weighted by atomic mass is 127. The van der Waals surface area contributed by atoms with E-state index in [-0.39, 0.29) is 11.4 Å². The maximum atomic E-state index is 10.9. The van der Waals surface area contributed by atoms with Crippen molar-refractivity contribution in [2.24, 2.45) is 5.73 Å². The van der Waals surface area contributed by atoms with E-state index in [0.29, 0.717) is 6.42 Å². The number of carbonyl (C=O) groups is 1. The highest BCUT2D eigenvalue weighted by Gasteiger charge is 2.19. The fourth-order valence-corrected chi connectivity index (χ4v) is 1.80. The fourth-order valence-electron chi connectivity index (χ4n) is 1.44. The molecule has 0 aliphatic heterocycles. The monoisotopic (exact) mass is 332 g/mol. The van der Waals surface area contributed by atoms with Crippen LogP contribution in [0.5, 0.6) is 0 Å². The highest BCUT2D eigenvalue weighted by molar-refractivity contribution is 14.1. The number of hydrogen-bond donors (Lipinski definition) is 2. The van der Waals surface area contributed by atoms with Gasteiger partial charge < -0.3 is 11.1 Å². The molecule has 0 saturated carbocycles. The number of rotatable bonds is 5. The van der Waals surface area contributed by atoms with E-state index in [1.165, 1.54) is 9.13 Å². The molecule has 0 aliphatic rings. The average Bonchev–Trinajstić information content (AvgIpc) is 2.15. The Morgan fingerprint density at radius 1 is 1.38 bits per heavy atom. The molecule has 0 radical (unpaired) electrons. The molecule has 0 atom stereocenters. The zero-order valence-electron chi connectivity index (χ0n) is 9.59. The van der Waals surface area contributed by atoms with Crippen molar-refractivity contribution in [3.05, 3.63) is 33.4 Å². The number of amides is 1. The SMILES string of the molecule is CC(C)(CC(N)=O)NCc1ccc(I)cc1. The quantitative estimate of drug-likeness (QED) is 0.811. The molecule has 1 amide bonds. The highest BCUT2D eigenvalue weighted by Crippen LogP contribution is 2.11. The van der Waals surface area contributed by atoms with E-state index in [9.17, 15) is 4.79 Å². The predicted octanol–water partition coefficient (Wildman–Crippen LogP) is 2.03. The summed E-state index contributed by atoms with van der Waals surface area (Å²) in [7, 11) is 0. The first-order valence-electron chi connectivity index (χ1n) is 5.17. The molecular weight excluding hydrogens is 315 g/mol. The number of carbonyl (C=O) groups excluding carboxylic acids is 1. The van der Waals surface area contributed by atoms with E-state index in [1.54, 1.807) is 0 Å². The van der Waals surface area contributed by atoms with Gasteiger partial charge in [0.05, 0.1) is 0 Å². The van der Waals surface area contributed by atoms with Crippen molar-refractivity contribution < 1.29 is 4.79 Å². The molecule has 0 aromatic heterocycles. The molecule has 0 unspecified atom stereocenters. The Balaban J connectivity index is 2.50. The summed E-state index contributed by atoms with van der Waals surface area (Å²) < 4.78 is 1.22. The van der Waals surface area contributed by atoms with Crippen LogP contribution in [-0.2, 0) is 11.3 Å². The third kappa shape index (κ3) is 4.94. The lowest BCUT2D eigenvalue weighted by molar-refractivity contribution is -0.119. The molecule has 1 rings (SSSR count). The van der Waals surface area contributed by atoms with Crippen LogP contribution in [0, 0.1) is 3.57 Å². The van der Waals surface area contributed by atoms with Crippen LogP contribution >= 0.6 is 22.6 Å². The molecule has 88 valence electrons. The van der Waals surface area contributed by atoms with Gasteiger partial charge in [-0.05, 0) is 54.1 Å². The maximum Gasteiger partial charge on any atom is 0.219 e. The zero-order chi connectivity index (χ0) is 12.2. The van der Waals surface area contributed by atoms with Crippen LogP contribution in [0.2, 0.25) is 0 Å². The number of benzene rings is 1. The van der Waals surface area contributed by atoms with Gasteiger partial charge in [-0.25, -0.2) is 0 Å². The summed E-state index contributed by atoms with van der Waals surface area (Å²) in [6.07, 6.45) is 0.345. The second-order valence-corrected chi connectivity index (χ2v) is 5.75. The molecule has 16 heavy (non-hydrogen) atoms. The molecule has 0 bridgehead atoms. The minimum Gasteiger partial charge on any atom is -0.370 e. The summed E-state index contributed by atoms with van der Waals surface area (Å²) in [4.78, 5) is 10.9. The Bertz CT molecular complexity index is 360. The van der Waals surface area contributed by atoms with Gasteiger partial charge in [-0.3, -0.25) is 4.79 Å². The third-order valence-corrected chi connectivity index (χ3v) is 3.02. The van der Waals surface area contributed by atoms with Crippen LogP contribution in [0.15, 0.2) is 24.3 Å². The van der Waals surface area contributed by atoms with Gasteiger partial charge in [0.2, 0.25) is 5.91 Å². The first kappa shape index (κ1) is 13.4. The van der Waals surface area contributed by atoms with E-state index in [0.717, 1.165) is 6.54 Å². The van der Waals surface area contributed by atoms with E-state index >= 15 is 0 Å². The Kier molecular flexibility index (Phi) is 4.73. The molecule has 3 N–H and O–H groups in total. The lowest BCUT2D eigenvalue weighted by atomic mass is 10.00. The Morgan fingerprint density at radius 2 is 1.94 bits per heavy atom. The van der Waals surface area contributed by atoms with Crippen molar-refractivity contribution in [3.8, 4) is 0 Å². The minimum atomic E-state index is -0.278. The number of nitrogens with one attached hydrogen (secondary N) is 1. The standard InChI is InChI=1S/C12H17IN2O/c1-12(2,7-11(14)16)15-8-9-3-5-10(13)6-4-9/h3-6,15H,7-8H2,1-2H3,(H2,14,16). The largest absolute Gasteiger partial charge is 0.370 e. The van der Waals surface area contributed by atoms with E-state index in [4.69, 9.17) is 5.73 Å². The summed E-state index contributed by atoms with van der Waals surface area (Å²) >= 11 is 2.28. The van der Waals surface area contributed by atoms with E-state index < -0.39 is 0 Å². The molecule has 0 spiro atoms. The van der Waals surface area contributed by atoms with Crippen molar-refractivity contribution >= 4 is 28.5 Å². The summed E-state index contributed by atoms with van der Waals surface area (Å²) in [5.74, 6) is -0.278. The van der Waals surface area contributed by atoms with Gasteiger partial charge in [0.15, 0.2) is 0 Å². The summed E-state index contributed by atoms with van der Waals surface area (Å²) in [6.45, 7) is 4.70. The smallest absolute Gasteiger partial charge is 0.219 e. The van der Waals surface area contributed by atoms with Gasteiger partial charge in [-0.15, -0.1) is 0 Å². The lowest BCUT2D eigenvalue weighted by Gasteiger charge is -2.24. The van der Waals surface area contributed by atoms with Crippen molar-refractivity contribution in [2.45, 2.75) is 32.4 Å². The number of halogens is 1. The fraction of sp³-hybridized carbons (Fsp3) is 0.417.